The molecule has 0 amide bonds. The van der Waals surface area contributed by atoms with Crippen LogP contribution in [0.3, 0.4) is 0 Å². The van der Waals surface area contributed by atoms with Crippen molar-refractivity contribution in [2.24, 2.45) is 0 Å². The first-order valence-corrected chi connectivity index (χ1v) is 5.12. The Morgan fingerprint density at radius 3 is 2.92 bits per heavy atom. The van der Waals surface area contributed by atoms with E-state index in [0.717, 1.165) is 15.6 Å². The maximum Gasteiger partial charge on any atom is 0.161 e. The van der Waals surface area contributed by atoms with Crippen LogP contribution >= 0.6 is 22.9 Å². The van der Waals surface area contributed by atoms with E-state index in [0.29, 0.717) is 5.02 Å². The fourth-order valence-electron chi connectivity index (χ4n) is 1.27. The molecule has 2 aromatic rings. The Morgan fingerprint density at radius 2 is 2.23 bits per heavy atom. The largest absolute Gasteiger partial charge is 0.294 e. The van der Waals surface area contributed by atoms with Crippen LogP contribution in [0, 0.1) is 0 Å². The number of carbonyl (C=O) groups is 1. The summed E-state index contributed by atoms with van der Waals surface area (Å²) in [5.41, 5.74) is 0.789. The second kappa shape index (κ2) is 3.13. The molecule has 0 aliphatic carbocycles. The Bertz CT molecular complexity index is 473. The van der Waals surface area contributed by atoms with Gasteiger partial charge >= 0.3 is 0 Å². The van der Waals surface area contributed by atoms with E-state index in [1.807, 2.05) is 23.6 Å². The number of ketones is 1. The fraction of sp³-hybridized carbons (Fsp3) is 0.100. The van der Waals surface area contributed by atoms with Gasteiger partial charge in [0.15, 0.2) is 5.78 Å². The monoisotopic (exact) mass is 210 g/mol. The third-order valence-corrected chi connectivity index (χ3v) is 3.10. The van der Waals surface area contributed by atoms with Crippen LogP contribution in [0.5, 0.6) is 0 Å². The van der Waals surface area contributed by atoms with E-state index in [2.05, 4.69) is 0 Å². The highest BCUT2D eigenvalue weighted by molar-refractivity contribution is 7.17. The molecular weight excluding hydrogens is 204 g/mol. The zero-order valence-corrected chi connectivity index (χ0v) is 8.58. The third kappa shape index (κ3) is 1.47. The van der Waals surface area contributed by atoms with Crippen molar-refractivity contribution in [3.63, 3.8) is 0 Å². The highest BCUT2D eigenvalue weighted by atomic mass is 35.5. The van der Waals surface area contributed by atoms with Gasteiger partial charge < -0.3 is 0 Å². The van der Waals surface area contributed by atoms with E-state index in [1.165, 1.54) is 0 Å². The van der Waals surface area contributed by atoms with Gasteiger partial charge in [0.1, 0.15) is 0 Å². The number of fused-ring (bicyclic) bond motifs is 1. The topological polar surface area (TPSA) is 17.1 Å². The molecule has 13 heavy (non-hydrogen) atoms. The smallest absolute Gasteiger partial charge is 0.161 e. The van der Waals surface area contributed by atoms with Gasteiger partial charge in [0.2, 0.25) is 0 Å². The van der Waals surface area contributed by atoms with Gasteiger partial charge in [-0.05, 0) is 19.1 Å². The van der Waals surface area contributed by atoms with E-state index in [-0.39, 0.29) is 5.78 Å². The molecule has 0 aliphatic heterocycles. The van der Waals surface area contributed by atoms with Crippen LogP contribution in [-0.2, 0) is 0 Å². The Hall–Kier alpha value is -0.860. The summed E-state index contributed by atoms with van der Waals surface area (Å²) in [6.07, 6.45) is 0. The van der Waals surface area contributed by atoms with E-state index >= 15 is 0 Å². The number of benzene rings is 1. The second-order valence-corrected chi connectivity index (χ2v) is 4.19. The number of thiophene rings is 1. The molecule has 0 spiro atoms. The maximum absolute atomic E-state index is 11.2. The van der Waals surface area contributed by atoms with Crippen LogP contribution in [0.4, 0.5) is 0 Å². The first-order chi connectivity index (χ1) is 6.18. The number of halogens is 1. The lowest BCUT2D eigenvalue weighted by Crippen LogP contribution is -1.87. The molecule has 0 bridgehead atoms. The van der Waals surface area contributed by atoms with Gasteiger partial charge in [0.25, 0.3) is 0 Å². The summed E-state index contributed by atoms with van der Waals surface area (Å²) in [7, 11) is 0. The number of hydrogen-bond acceptors (Lipinski definition) is 2. The minimum absolute atomic E-state index is 0.105. The van der Waals surface area contributed by atoms with E-state index < -0.39 is 0 Å². The molecule has 1 nitrogen and oxygen atoms in total. The van der Waals surface area contributed by atoms with Crippen LogP contribution in [0.1, 0.15) is 17.3 Å². The van der Waals surface area contributed by atoms with Gasteiger partial charge in [0.05, 0.1) is 0 Å². The minimum Gasteiger partial charge on any atom is -0.294 e. The van der Waals surface area contributed by atoms with Crippen molar-refractivity contribution in [3.05, 3.63) is 34.2 Å². The van der Waals surface area contributed by atoms with Crippen molar-refractivity contribution in [3.8, 4) is 0 Å². The standard InChI is InChI=1S/C10H7ClOS/c1-6(12)9-5-13-10-4-7(11)2-3-8(9)10/h2-5H,1H3. The fourth-order valence-corrected chi connectivity index (χ4v) is 2.55. The Kier molecular flexibility index (Phi) is 2.10. The van der Waals surface area contributed by atoms with Crippen LogP contribution in [0.25, 0.3) is 10.1 Å². The normalized spacial score (nSPS) is 10.6. The lowest BCUT2D eigenvalue weighted by molar-refractivity contribution is 0.101. The maximum atomic E-state index is 11.2. The molecule has 0 unspecified atom stereocenters. The average Bonchev–Trinajstić information content (AvgIpc) is 2.46. The second-order valence-electron chi connectivity index (χ2n) is 2.85. The molecule has 0 N–H and O–H groups in total. The van der Waals surface area contributed by atoms with E-state index in [9.17, 15) is 4.79 Å². The van der Waals surface area contributed by atoms with Gasteiger partial charge in [-0.2, -0.15) is 0 Å². The zero-order chi connectivity index (χ0) is 9.42. The summed E-state index contributed by atoms with van der Waals surface area (Å²) in [6.45, 7) is 1.58. The highest BCUT2D eigenvalue weighted by Gasteiger charge is 2.07. The van der Waals surface area contributed by atoms with Crippen LogP contribution in [0.2, 0.25) is 5.02 Å². The van der Waals surface area contributed by atoms with Crippen LogP contribution in [-0.4, -0.2) is 5.78 Å². The first-order valence-electron chi connectivity index (χ1n) is 3.86. The molecule has 0 radical (unpaired) electrons. The quantitative estimate of drug-likeness (QED) is 0.655. The van der Waals surface area contributed by atoms with Gasteiger partial charge in [-0.3, -0.25) is 4.79 Å². The Morgan fingerprint density at radius 1 is 1.46 bits per heavy atom. The van der Waals surface area contributed by atoms with Crippen LogP contribution < -0.4 is 0 Å². The van der Waals surface area contributed by atoms with Gasteiger partial charge in [-0.1, -0.05) is 17.7 Å². The SMILES string of the molecule is CC(=O)c1csc2cc(Cl)ccc12. The number of Topliss-reactive ketones (excluding diaryl/α,β-unsaturated/α-hetero) is 1. The van der Waals surface area contributed by atoms with Crippen LogP contribution in [0.15, 0.2) is 23.6 Å². The summed E-state index contributed by atoms with van der Waals surface area (Å²) in [5, 5.41) is 3.59. The van der Waals surface area contributed by atoms with Crippen molar-refractivity contribution >= 4 is 38.8 Å². The molecule has 0 atom stereocenters. The highest BCUT2D eigenvalue weighted by Crippen LogP contribution is 2.28. The summed E-state index contributed by atoms with van der Waals surface area (Å²) in [4.78, 5) is 11.2. The first kappa shape index (κ1) is 8.73. The molecule has 1 aromatic heterocycles. The van der Waals surface area contributed by atoms with Crippen molar-refractivity contribution < 1.29 is 4.79 Å². The van der Waals surface area contributed by atoms with Crippen molar-refractivity contribution in [1.29, 1.82) is 0 Å². The summed E-state index contributed by atoms with van der Waals surface area (Å²) < 4.78 is 1.07. The van der Waals surface area contributed by atoms with Gasteiger partial charge in [0, 0.05) is 26.1 Å². The molecular formula is C10H7ClOS. The average molecular weight is 211 g/mol. The molecule has 0 aliphatic rings. The third-order valence-electron chi connectivity index (χ3n) is 1.92. The lowest BCUT2D eigenvalue weighted by atomic mass is 10.1. The molecule has 1 aromatic carbocycles. The van der Waals surface area contributed by atoms with Crippen molar-refractivity contribution in [2.75, 3.05) is 0 Å². The molecule has 0 saturated carbocycles. The molecule has 3 heteroatoms. The van der Waals surface area contributed by atoms with Crippen molar-refractivity contribution in [1.82, 2.24) is 0 Å². The predicted molar refractivity (Wildman–Crippen MR) is 56.8 cm³/mol. The van der Waals surface area contributed by atoms with E-state index in [1.54, 1.807) is 18.3 Å². The summed E-state index contributed by atoms with van der Waals surface area (Å²) in [5.74, 6) is 0.105. The van der Waals surface area contributed by atoms with Gasteiger partial charge in [-0.15, -0.1) is 11.3 Å². The Balaban J connectivity index is 2.76. The van der Waals surface area contributed by atoms with Crippen molar-refractivity contribution in [2.45, 2.75) is 6.92 Å². The Labute approximate surface area is 84.9 Å². The predicted octanol–water partition coefficient (Wildman–Crippen LogP) is 3.76. The number of carbonyl (C=O) groups excluding carboxylic acids is 1. The molecule has 1 heterocycles. The van der Waals surface area contributed by atoms with Gasteiger partial charge in [-0.25, -0.2) is 0 Å². The number of hydrogen-bond donors (Lipinski definition) is 0. The number of rotatable bonds is 1. The van der Waals surface area contributed by atoms with E-state index in [4.69, 9.17) is 11.6 Å². The lowest BCUT2D eigenvalue weighted by Gasteiger charge is -1.93. The zero-order valence-electron chi connectivity index (χ0n) is 7.00. The molecule has 2 rings (SSSR count). The minimum atomic E-state index is 0.105. The summed E-state index contributed by atoms with van der Waals surface area (Å²) in [6, 6.07) is 5.59. The summed E-state index contributed by atoms with van der Waals surface area (Å²) >= 11 is 7.38. The molecule has 0 fully saturated rings. The molecule has 66 valence electrons. The molecule has 0 saturated heterocycles.